The zero-order valence-corrected chi connectivity index (χ0v) is 16.3. The van der Waals surface area contributed by atoms with E-state index in [2.05, 4.69) is 22.9 Å². The number of rotatable bonds is 5. The Labute approximate surface area is 156 Å². The van der Waals surface area contributed by atoms with Gasteiger partial charge in [-0.2, -0.15) is 0 Å². The lowest BCUT2D eigenvalue weighted by Crippen LogP contribution is -2.57. The van der Waals surface area contributed by atoms with Crippen molar-refractivity contribution < 1.29 is 9.59 Å². The fourth-order valence-electron chi connectivity index (χ4n) is 2.98. The van der Waals surface area contributed by atoms with Gasteiger partial charge in [0.1, 0.15) is 6.04 Å². The Morgan fingerprint density at radius 3 is 2.40 bits per heavy atom. The molecule has 1 aliphatic heterocycles. The molecule has 25 heavy (non-hydrogen) atoms. The predicted octanol–water partition coefficient (Wildman–Crippen LogP) is 2.43. The molecule has 140 valence electrons. The second kappa shape index (κ2) is 9.78. The molecule has 2 rings (SSSR count). The average molecular weight is 368 g/mol. The molecule has 0 spiro atoms. The topological polar surface area (TPSA) is 70.2 Å². The number of hydrogen-bond donors (Lipinski definition) is 3. The summed E-state index contributed by atoms with van der Waals surface area (Å²) in [5.74, 6) is -0.295. The number of aryl methyl sites for hydroxylation is 1. The normalized spacial score (nSPS) is 21.2. The van der Waals surface area contributed by atoms with Crippen molar-refractivity contribution in [2.75, 3.05) is 6.54 Å². The van der Waals surface area contributed by atoms with Crippen LogP contribution in [0.25, 0.3) is 0 Å². The molecule has 3 atom stereocenters. The monoisotopic (exact) mass is 367 g/mol. The second-order valence-corrected chi connectivity index (χ2v) is 7.06. The van der Waals surface area contributed by atoms with Gasteiger partial charge in [-0.3, -0.25) is 9.59 Å². The minimum atomic E-state index is -0.534. The summed E-state index contributed by atoms with van der Waals surface area (Å²) >= 11 is 0. The minimum absolute atomic E-state index is 0. The zero-order chi connectivity index (χ0) is 17.7. The van der Waals surface area contributed by atoms with Crippen LogP contribution in [0.5, 0.6) is 0 Å². The second-order valence-electron chi connectivity index (χ2n) is 7.06. The quantitative estimate of drug-likeness (QED) is 0.748. The van der Waals surface area contributed by atoms with E-state index in [0.717, 1.165) is 24.9 Å². The minimum Gasteiger partial charge on any atom is -0.350 e. The highest BCUT2D eigenvalue weighted by Gasteiger charge is 2.29. The number of benzene rings is 1. The molecule has 0 radical (unpaired) electrons. The lowest BCUT2D eigenvalue weighted by molar-refractivity contribution is -0.125. The highest BCUT2D eigenvalue weighted by atomic mass is 35.5. The van der Waals surface area contributed by atoms with E-state index in [1.165, 1.54) is 0 Å². The first-order valence-electron chi connectivity index (χ1n) is 8.79. The molecule has 3 unspecified atom stereocenters. The molecule has 1 aromatic carbocycles. The number of amides is 2. The van der Waals surface area contributed by atoms with Gasteiger partial charge in [0.25, 0.3) is 5.91 Å². The van der Waals surface area contributed by atoms with Crippen LogP contribution in [0.3, 0.4) is 0 Å². The van der Waals surface area contributed by atoms with E-state index in [4.69, 9.17) is 0 Å². The molecule has 5 nitrogen and oxygen atoms in total. The summed E-state index contributed by atoms with van der Waals surface area (Å²) in [6, 6.07) is 7.20. The maximum absolute atomic E-state index is 12.7. The molecule has 0 aromatic heterocycles. The van der Waals surface area contributed by atoms with Crippen LogP contribution in [0.2, 0.25) is 0 Å². The number of hydrogen-bond acceptors (Lipinski definition) is 3. The first-order chi connectivity index (χ1) is 11.4. The van der Waals surface area contributed by atoms with Gasteiger partial charge < -0.3 is 16.0 Å². The first-order valence-corrected chi connectivity index (χ1v) is 8.79. The maximum Gasteiger partial charge on any atom is 0.251 e. The Morgan fingerprint density at radius 1 is 1.20 bits per heavy atom. The van der Waals surface area contributed by atoms with Crippen LogP contribution in [0, 0.1) is 12.8 Å². The van der Waals surface area contributed by atoms with Gasteiger partial charge in [-0.25, -0.2) is 0 Å². The van der Waals surface area contributed by atoms with Gasteiger partial charge >= 0.3 is 0 Å². The standard InChI is InChI=1S/C19H29N3O2.ClH/c1-12(2)17(19(24)21-16-6-5-11-20-14(16)4)22-18(23)15-9-7-13(3)8-10-15;/h7-10,12,14,16-17,20H,5-6,11H2,1-4H3,(H,21,24)(H,22,23);1H. The molecule has 0 aliphatic carbocycles. The van der Waals surface area contributed by atoms with Gasteiger partial charge in [0.05, 0.1) is 0 Å². The molecule has 1 saturated heterocycles. The van der Waals surface area contributed by atoms with Gasteiger partial charge in [-0.1, -0.05) is 31.5 Å². The van der Waals surface area contributed by atoms with Crippen molar-refractivity contribution in [3.8, 4) is 0 Å². The summed E-state index contributed by atoms with van der Waals surface area (Å²) in [6.07, 6.45) is 2.02. The van der Waals surface area contributed by atoms with Crippen LogP contribution in [0.4, 0.5) is 0 Å². The van der Waals surface area contributed by atoms with Crippen LogP contribution in [0.1, 0.15) is 49.5 Å². The molecular formula is C19H30ClN3O2. The van der Waals surface area contributed by atoms with Crippen LogP contribution in [-0.4, -0.2) is 36.5 Å². The Balaban J connectivity index is 0.00000312. The molecule has 1 heterocycles. The molecule has 0 saturated carbocycles. The highest BCUT2D eigenvalue weighted by molar-refractivity contribution is 5.97. The van der Waals surface area contributed by atoms with Gasteiger partial charge in [0, 0.05) is 17.6 Å². The molecule has 1 aliphatic rings. The molecule has 2 amide bonds. The third-order valence-corrected chi connectivity index (χ3v) is 4.64. The number of carbonyl (C=O) groups excluding carboxylic acids is 2. The van der Waals surface area contributed by atoms with Crippen molar-refractivity contribution in [3.63, 3.8) is 0 Å². The fourth-order valence-corrected chi connectivity index (χ4v) is 2.98. The van der Waals surface area contributed by atoms with E-state index in [-0.39, 0.29) is 42.2 Å². The molecule has 3 N–H and O–H groups in total. The largest absolute Gasteiger partial charge is 0.350 e. The fraction of sp³-hybridized carbons (Fsp3) is 0.579. The summed E-state index contributed by atoms with van der Waals surface area (Å²) in [7, 11) is 0. The molecule has 1 fully saturated rings. The number of piperidine rings is 1. The van der Waals surface area contributed by atoms with Crippen LogP contribution < -0.4 is 16.0 Å². The number of halogens is 1. The van der Waals surface area contributed by atoms with E-state index >= 15 is 0 Å². The van der Waals surface area contributed by atoms with Crippen molar-refractivity contribution >= 4 is 24.2 Å². The summed E-state index contributed by atoms with van der Waals surface area (Å²) in [4.78, 5) is 25.1. The summed E-state index contributed by atoms with van der Waals surface area (Å²) in [5.41, 5.74) is 1.68. The van der Waals surface area contributed by atoms with E-state index in [1.54, 1.807) is 12.1 Å². The Kier molecular flexibility index (Phi) is 8.39. The van der Waals surface area contributed by atoms with Gasteiger partial charge in [-0.05, 0) is 51.3 Å². The highest BCUT2D eigenvalue weighted by Crippen LogP contribution is 2.11. The lowest BCUT2D eigenvalue weighted by Gasteiger charge is -2.32. The van der Waals surface area contributed by atoms with Gasteiger partial charge in [0.15, 0.2) is 0 Å². The number of nitrogens with one attached hydrogen (secondary N) is 3. The smallest absolute Gasteiger partial charge is 0.251 e. The Hall–Kier alpha value is -1.59. The van der Waals surface area contributed by atoms with Crippen molar-refractivity contribution in [1.29, 1.82) is 0 Å². The van der Waals surface area contributed by atoms with Crippen LogP contribution in [0.15, 0.2) is 24.3 Å². The Bertz CT molecular complexity index is 575. The maximum atomic E-state index is 12.7. The number of carbonyl (C=O) groups is 2. The van der Waals surface area contributed by atoms with Crippen LogP contribution >= 0.6 is 12.4 Å². The van der Waals surface area contributed by atoms with Crippen molar-refractivity contribution in [3.05, 3.63) is 35.4 Å². The van der Waals surface area contributed by atoms with Crippen LogP contribution in [-0.2, 0) is 4.79 Å². The summed E-state index contributed by atoms with van der Waals surface area (Å²) in [6.45, 7) is 8.94. The Morgan fingerprint density at radius 2 is 1.84 bits per heavy atom. The predicted molar refractivity (Wildman–Crippen MR) is 103 cm³/mol. The van der Waals surface area contributed by atoms with E-state index in [9.17, 15) is 9.59 Å². The average Bonchev–Trinajstić information content (AvgIpc) is 2.54. The molecule has 0 bridgehead atoms. The summed E-state index contributed by atoms with van der Waals surface area (Å²) in [5, 5.41) is 9.36. The molecule has 6 heteroatoms. The SMILES string of the molecule is Cc1ccc(C(=O)NC(C(=O)NC2CCCNC2C)C(C)C)cc1.Cl. The first kappa shape index (κ1) is 21.5. The van der Waals surface area contributed by atoms with Crippen molar-refractivity contribution in [2.24, 2.45) is 5.92 Å². The van der Waals surface area contributed by atoms with Crippen molar-refractivity contribution in [2.45, 2.75) is 58.7 Å². The van der Waals surface area contributed by atoms with E-state index in [1.807, 2.05) is 32.9 Å². The molecular weight excluding hydrogens is 338 g/mol. The zero-order valence-electron chi connectivity index (χ0n) is 15.5. The van der Waals surface area contributed by atoms with Gasteiger partial charge in [-0.15, -0.1) is 12.4 Å². The van der Waals surface area contributed by atoms with Gasteiger partial charge in [0.2, 0.25) is 5.91 Å². The third kappa shape index (κ3) is 6.01. The lowest BCUT2D eigenvalue weighted by atomic mass is 9.97. The van der Waals surface area contributed by atoms with E-state index < -0.39 is 6.04 Å². The molecule has 1 aromatic rings. The van der Waals surface area contributed by atoms with E-state index in [0.29, 0.717) is 5.56 Å². The van der Waals surface area contributed by atoms with Crippen molar-refractivity contribution in [1.82, 2.24) is 16.0 Å². The summed E-state index contributed by atoms with van der Waals surface area (Å²) < 4.78 is 0. The third-order valence-electron chi connectivity index (χ3n) is 4.64.